The van der Waals surface area contributed by atoms with Gasteiger partial charge in [-0.2, -0.15) is 0 Å². The van der Waals surface area contributed by atoms with Gasteiger partial charge in [-0.1, -0.05) is 18.2 Å². The van der Waals surface area contributed by atoms with Crippen LogP contribution in [-0.2, 0) is 19.6 Å². The van der Waals surface area contributed by atoms with E-state index in [0.29, 0.717) is 11.3 Å². The molecule has 0 heterocycles. The highest BCUT2D eigenvalue weighted by Crippen LogP contribution is 2.26. The molecule has 0 unspecified atom stereocenters. The largest absolute Gasteiger partial charge is 0.468 e. The lowest BCUT2D eigenvalue weighted by atomic mass is 10.2. The summed E-state index contributed by atoms with van der Waals surface area (Å²) < 4.78 is 44.3. The number of rotatable bonds is 5. The van der Waals surface area contributed by atoms with Crippen molar-refractivity contribution in [1.82, 2.24) is 0 Å². The second-order valence-electron chi connectivity index (χ2n) is 4.83. The van der Waals surface area contributed by atoms with E-state index in [9.17, 15) is 17.6 Å². The van der Waals surface area contributed by atoms with Crippen molar-refractivity contribution in [3.8, 4) is 0 Å². The summed E-state index contributed by atoms with van der Waals surface area (Å²) in [5.41, 5.74) is 1.05. The Morgan fingerprint density at radius 3 is 2.30 bits per heavy atom. The van der Waals surface area contributed by atoms with Crippen molar-refractivity contribution in [2.45, 2.75) is 11.8 Å². The van der Waals surface area contributed by atoms with Gasteiger partial charge in [0.1, 0.15) is 12.4 Å². The Morgan fingerprint density at radius 1 is 1.13 bits per heavy atom. The molecular formula is C16H16FNO4S. The van der Waals surface area contributed by atoms with Crippen LogP contribution in [0, 0.1) is 12.7 Å². The monoisotopic (exact) mass is 337 g/mol. The van der Waals surface area contributed by atoms with Gasteiger partial charge in [0.15, 0.2) is 0 Å². The van der Waals surface area contributed by atoms with Gasteiger partial charge in [-0.05, 0) is 42.8 Å². The Hall–Kier alpha value is -2.41. The summed E-state index contributed by atoms with van der Waals surface area (Å²) >= 11 is 0. The molecule has 0 bridgehead atoms. The van der Waals surface area contributed by atoms with E-state index in [2.05, 4.69) is 4.74 Å². The van der Waals surface area contributed by atoms with Crippen molar-refractivity contribution in [2.24, 2.45) is 0 Å². The number of para-hydroxylation sites is 1. The number of benzene rings is 2. The van der Waals surface area contributed by atoms with E-state index < -0.39 is 28.4 Å². The minimum atomic E-state index is -4.03. The number of hydrogen-bond acceptors (Lipinski definition) is 4. The normalized spacial score (nSPS) is 11.1. The van der Waals surface area contributed by atoms with Gasteiger partial charge in [-0.15, -0.1) is 0 Å². The van der Waals surface area contributed by atoms with Crippen LogP contribution >= 0.6 is 0 Å². The van der Waals surface area contributed by atoms with Gasteiger partial charge >= 0.3 is 5.97 Å². The Bertz CT molecular complexity index is 803. The standard InChI is InChI=1S/C16H16FNO4S/c1-12-5-3-4-6-15(12)18(11-16(19)22-2)23(20,21)14-9-7-13(17)8-10-14/h3-10H,11H2,1-2H3. The number of halogens is 1. The molecule has 0 spiro atoms. The van der Waals surface area contributed by atoms with E-state index in [4.69, 9.17) is 0 Å². The third-order valence-corrected chi connectivity index (χ3v) is 5.06. The highest BCUT2D eigenvalue weighted by Gasteiger charge is 2.28. The first-order valence-corrected chi connectivity index (χ1v) is 8.21. The first-order valence-electron chi connectivity index (χ1n) is 6.77. The second kappa shape index (κ2) is 6.78. The fourth-order valence-electron chi connectivity index (χ4n) is 2.06. The predicted octanol–water partition coefficient (Wildman–Crippen LogP) is 2.50. The first-order chi connectivity index (χ1) is 10.9. The van der Waals surface area contributed by atoms with Crippen molar-refractivity contribution in [3.05, 3.63) is 59.9 Å². The number of carbonyl (C=O) groups is 1. The van der Waals surface area contributed by atoms with Gasteiger partial charge in [0, 0.05) is 0 Å². The number of methoxy groups -OCH3 is 1. The molecule has 7 heteroatoms. The third-order valence-electron chi connectivity index (χ3n) is 3.29. The van der Waals surface area contributed by atoms with Gasteiger partial charge in [0.25, 0.3) is 10.0 Å². The topological polar surface area (TPSA) is 63.7 Å². The third kappa shape index (κ3) is 3.68. The number of ether oxygens (including phenoxy) is 1. The molecule has 0 radical (unpaired) electrons. The molecule has 2 aromatic carbocycles. The Morgan fingerprint density at radius 2 is 1.74 bits per heavy atom. The van der Waals surface area contributed by atoms with E-state index in [-0.39, 0.29) is 4.90 Å². The van der Waals surface area contributed by atoms with Crippen LogP contribution in [0.4, 0.5) is 10.1 Å². The Balaban J connectivity index is 2.54. The minimum Gasteiger partial charge on any atom is -0.468 e. The van der Waals surface area contributed by atoms with Crippen LogP contribution in [0.25, 0.3) is 0 Å². The zero-order valence-corrected chi connectivity index (χ0v) is 13.5. The van der Waals surface area contributed by atoms with Crippen LogP contribution in [0.1, 0.15) is 5.56 Å². The van der Waals surface area contributed by atoms with Gasteiger partial charge in [-0.3, -0.25) is 9.10 Å². The summed E-state index contributed by atoms with van der Waals surface area (Å²) in [6.07, 6.45) is 0. The van der Waals surface area contributed by atoms with Crippen molar-refractivity contribution >= 4 is 21.7 Å². The van der Waals surface area contributed by atoms with E-state index in [0.717, 1.165) is 28.6 Å². The lowest BCUT2D eigenvalue weighted by Gasteiger charge is -2.24. The number of aryl methyl sites for hydroxylation is 1. The quantitative estimate of drug-likeness (QED) is 0.787. The van der Waals surface area contributed by atoms with Crippen LogP contribution in [0.15, 0.2) is 53.4 Å². The van der Waals surface area contributed by atoms with E-state index in [1.54, 1.807) is 31.2 Å². The van der Waals surface area contributed by atoms with Crippen LogP contribution in [0.5, 0.6) is 0 Å². The van der Waals surface area contributed by atoms with E-state index >= 15 is 0 Å². The second-order valence-corrected chi connectivity index (χ2v) is 6.69. The molecule has 0 N–H and O–H groups in total. The summed E-state index contributed by atoms with van der Waals surface area (Å²) in [5, 5.41) is 0. The van der Waals surface area contributed by atoms with Crippen LogP contribution < -0.4 is 4.31 Å². The summed E-state index contributed by atoms with van der Waals surface area (Å²) in [6.45, 7) is 1.26. The fourth-order valence-corrected chi connectivity index (χ4v) is 3.53. The van der Waals surface area contributed by atoms with Crippen LogP contribution in [0.2, 0.25) is 0 Å². The highest BCUT2D eigenvalue weighted by atomic mass is 32.2. The van der Waals surface area contributed by atoms with Gasteiger partial charge in [0.2, 0.25) is 0 Å². The number of sulfonamides is 1. The number of anilines is 1. The van der Waals surface area contributed by atoms with Gasteiger partial charge in [-0.25, -0.2) is 12.8 Å². The predicted molar refractivity (Wildman–Crippen MR) is 84.1 cm³/mol. The summed E-state index contributed by atoms with van der Waals surface area (Å²) in [6, 6.07) is 11.2. The molecule has 0 aliphatic rings. The van der Waals surface area contributed by atoms with Crippen molar-refractivity contribution in [3.63, 3.8) is 0 Å². The van der Waals surface area contributed by atoms with Crippen LogP contribution in [-0.4, -0.2) is 28.0 Å². The molecule has 0 amide bonds. The van der Waals surface area contributed by atoms with Crippen LogP contribution in [0.3, 0.4) is 0 Å². The zero-order chi connectivity index (χ0) is 17.0. The van der Waals surface area contributed by atoms with Gasteiger partial charge in [0.05, 0.1) is 17.7 Å². The molecule has 0 atom stereocenters. The number of hydrogen-bond donors (Lipinski definition) is 0. The maximum atomic E-state index is 13.0. The molecule has 5 nitrogen and oxygen atoms in total. The van der Waals surface area contributed by atoms with Crippen molar-refractivity contribution in [2.75, 3.05) is 18.0 Å². The summed E-state index contributed by atoms with van der Waals surface area (Å²) in [4.78, 5) is 11.5. The molecule has 0 aromatic heterocycles. The van der Waals surface area contributed by atoms with Gasteiger partial charge < -0.3 is 4.74 Å². The maximum absolute atomic E-state index is 13.0. The number of carbonyl (C=O) groups excluding carboxylic acids is 1. The maximum Gasteiger partial charge on any atom is 0.326 e. The zero-order valence-electron chi connectivity index (χ0n) is 12.7. The molecule has 0 aliphatic heterocycles. The lowest BCUT2D eigenvalue weighted by molar-refractivity contribution is -0.138. The van der Waals surface area contributed by atoms with Crippen molar-refractivity contribution < 1.29 is 22.3 Å². The molecular weight excluding hydrogens is 321 g/mol. The molecule has 2 aromatic rings. The average molecular weight is 337 g/mol. The molecule has 0 aliphatic carbocycles. The van der Waals surface area contributed by atoms with Crippen molar-refractivity contribution in [1.29, 1.82) is 0 Å². The summed E-state index contributed by atoms with van der Waals surface area (Å²) in [7, 11) is -2.85. The molecule has 0 fully saturated rings. The Kier molecular flexibility index (Phi) is 5.00. The minimum absolute atomic E-state index is 0.106. The molecule has 0 saturated heterocycles. The number of nitrogens with zero attached hydrogens (tertiary/aromatic N) is 1. The molecule has 122 valence electrons. The molecule has 2 rings (SSSR count). The summed E-state index contributed by atoms with van der Waals surface area (Å²) in [5.74, 6) is -1.24. The number of esters is 1. The molecule has 0 saturated carbocycles. The fraction of sp³-hybridized carbons (Fsp3) is 0.188. The smallest absolute Gasteiger partial charge is 0.326 e. The first kappa shape index (κ1) is 17.0. The average Bonchev–Trinajstić information content (AvgIpc) is 2.53. The Labute approximate surface area is 134 Å². The van der Waals surface area contributed by atoms with E-state index in [1.807, 2.05) is 0 Å². The highest BCUT2D eigenvalue weighted by molar-refractivity contribution is 7.92. The molecule has 23 heavy (non-hydrogen) atoms. The van der Waals surface area contributed by atoms with E-state index in [1.165, 1.54) is 7.11 Å². The SMILES string of the molecule is COC(=O)CN(c1ccccc1C)S(=O)(=O)c1ccc(F)cc1. The lowest BCUT2D eigenvalue weighted by Crippen LogP contribution is -2.36.